The summed E-state index contributed by atoms with van der Waals surface area (Å²) in [5.74, 6) is 0.820. The monoisotopic (exact) mass is 421 g/mol. The smallest absolute Gasteiger partial charge is 0.262 e. The van der Waals surface area contributed by atoms with E-state index in [0.717, 1.165) is 22.5 Å². The fourth-order valence-corrected chi connectivity index (χ4v) is 3.25. The minimum Gasteiger partial charge on any atom is -0.495 e. The van der Waals surface area contributed by atoms with Gasteiger partial charge >= 0.3 is 0 Å². The Morgan fingerprint density at radius 3 is 2.70 bits per heavy atom. The number of aromatic nitrogens is 2. The number of ether oxygens (including phenoxy) is 2. The molecule has 2 aromatic heterocycles. The number of fused-ring (bicyclic) bond motifs is 1. The van der Waals surface area contributed by atoms with Crippen molar-refractivity contribution in [3.63, 3.8) is 0 Å². The minimum absolute atomic E-state index is 0.136. The number of anilines is 1. The number of nitrogens with one attached hydrogen (secondary N) is 1. The molecule has 0 fully saturated rings. The average Bonchev–Trinajstić information content (AvgIpc) is 3.19. The van der Waals surface area contributed by atoms with Crippen molar-refractivity contribution in [3.05, 3.63) is 77.6 Å². The third-order valence-corrected chi connectivity index (χ3v) is 4.88. The lowest BCUT2D eigenvalue weighted by molar-refractivity contribution is -0.118. The molecule has 1 amide bonds. The molecule has 2 heterocycles. The highest BCUT2D eigenvalue weighted by atomic mass is 35.5. The number of hydrogen-bond donors (Lipinski definition) is 1. The van der Waals surface area contributed by atoms with Gasteiger partial charge in [0.05, 0.1) is 18.5 Å². The highest BCUT2D eigenvalue weighted by Crippen LogP contribution is 2.30. The number of carbonyl (C=O) groups excluding carboxylic acids is 1. The van der Waals surface area contributed by atoms with Crippen molar-refractivity contribution in [2.45, 2.75) is 6.92 Å². The molecule has 6 nitrogen and oxygen atoms in total. The summed E-state index contributed by atoms with van der Waals surface area (Å²) in [6, 6.07) is 16.4. The molecule has 30 heavy (non-hydrogen) atoms. The van der Waals surface area contributed by atoms with Crippen LogP contribution in [0.4, 0.5) is 5.69 Å². The first-order valence-electron chi connectivity index (χ1n) is 9.34. The van der Waals surface area contributed by atoms with Crippen LogP contribution in [0.1, 0.15) is 5.56 Å². The molecule has 4 aromatic rings. The molecule has 0 saturated heterocycles. The van der Waals surface area contributed by atoms with Gasteiger partial charge in [0, 0.05) is 23.0 Å². The van der Waals surface area contributed by atoms with Gasteiger partial charge in [0.15, 0.2) is 6.61 Å². The Morgan fingerprint density at radius 2 is 1.97 bits per heavy atom. The van der Waals surface area contributed by atoms with Crippen molar-refractivity contribution in [1.82, 2.24) is 9.38 Å². The number of carbonyl (C=O) groups is 1. The zero-order chi connectivity index (χ0) is 21.1. The average molecular weight is 422 g/mol. The SMILES string of the molecule is COc1ccc(-c2cn3cccc(C)c3n2)cc1NC(=O)COc1ccc(Cl)cc1. The Balaban J connectivity index is 1.54. The third-order valence-electron chi connectivity index (χ3n) is 4.63. The van der Waals surface area contributed by atoms with Gasteiger partial charge < -0.3 is 19.2 Å². The van der Waals surface area contributed by atoms with Gasteiger partial charge in [-0.1, -0.05) is 17.7 Å². The molecule has 2 aromatic carbocycles. The Hall–Kier alpha value is -3.51. The van der Waals surface area contributed by atoms with Gasteiger partial charge in [0.25, 0.3) is 5.91 Å². The Labute approximate surface area is 179 Å². The van der Waals surface area contributed by atoms with Crippen LogP contribution < -0.4 is 14.8 Å². The highest BCUT2D eigenvalue weighted by molar-refractivity contribution is 6.30. The summed E-state index contributed by atoms with van der Waals surface area (Å²) >= 11 is 5.86. The number of hydrogen-bond acceptors (Lipinski definition) is 4. The maximum Gasteiger partial charge on any atom is 0.262 e. The summed E-state index contributed by atoms with van der Waals surface area (Å²) in [6.07, 6.45) is 3.92. The number of rotatable bonds is 6. The van der Waals surface area contributed by atoms with E-state index in [0.29, 0.717) is 22.2 Å². The first-order valence-corrected chi connectivity index (χ1v) is 9.72. The van der Waals surface area contributed by atoms with Crippen molar-refractivity contribution >= 4 is 28.8 Å². The van der Waals surface area contributed by atoms with E-state index in [2.05, 4.69) is 5.32 Å². The second-order valence-corrected chi connectivity index (χ2v) is 7.19. The number of amides is 1. The number of imidazole rings is 1. The molecular weight excluding hydrogens is 402 g/mol. The third kappa shape index (κ3) is 4.23. The van der Waals surface area contributed by atoms with Crippen LogP contribution in [0, 0.1) is 6.92 Å². The van der Waals surface area contributed by atoms with E-state index >= 15 is 0 Å². The van der Waals surface area contributed by atoms with Crippen LogP contribution >= 0.6 is 11.6 Å². The molecule has 0 radical (unpaired) electrons. The fraction of sp³-hybridized carbons (Fsp3) is 0.130. The van der Waals surface area contributed by atoms with Gasteiger partial charge in [-0.15, -0.1) is 0 Å². The molecule has 152 valence electrons. The zero-order valence-electron chi connectivity index (χ0n) is 16.6. The van der Waals surface area contributed by atoms with E-state index < -0.39 is 0 Å². The summed E-state index contributed by atoms with van der Waals surface area (Å²) in [7, 11) is 1.56. The Kier molecular flexibility index (Phi) is 5.59. The van der Waals surface area contributed by atoms with Gasteiger partial charge in [-0.3, -0.25) is 4.79 Å². The lowest BCUT2D eigenvalue weighted by Gasteiger charge is -2.12. The topological polar surface area (TPSA) is 64.9 Å². The zero-order valence-corrected chi connectivity index (χ0v) is 17.3. The molecule has 0 unspecified atom stereocenters. The summed E-state index contributed by atoms with van der Waals surface area (Å²) in [5.41, 5.74) is 4.21. The van der Waals surface area contributed by atoms with Crippen molar-refractivity contribution < 1.29 is 14.3 Å². The van der Waals surface area contributed by atoms with Crippen LogP contribution in [-0.4, -0.2) is 29.0 Å². The number of pyridine rings is 1. The number of benzene rings is 2. The highest BCUT2D eigenvalue weighted by Gasteiger charge is 2.12. The molecular formula is C23H20ClN3O3. The lowest BCUT2D eigenvalue weighted by Crippen LogP contribution is -2.20. The fourth-order valence-electron chi connectivity index (χ4n) is 3.12. The minimum atomic E-state index is -0.300. The first kappa shape index (κ1) is 19.8. The number of nitrogens with zero attached hydrogens (tertiary/aromatic N) is 2. The van der Waals surface area contributed by atoms with Crippen LogP contribution in [0.5, 0.6) is 11.5 Å². The van der Waals surface area contributed by atoms with Gasteiger partial charge in [0.1, 0.15) is 17.1 Å². The molecule has 7 heteroatoms. The van der Waals surface area contributed by atoms with Gasteiger partial charge in [-0.05, 0) is 61.0 Å². The van der Waals surface area contributed by atoms with Crippen LogP contribution in [0.25, 0.3) is 16.9 Å². The van der Waals surface area contributed by atoms with Crippen molar-refractivity contribution in [2.75, 3.05) is 19.0 Å². The number of methoxy groups -OCH3 is 1. The van der Waals surface area contributed by atoms with E-state index in [1.807, 2.05) is 54.0 Å². The summed E-state index contributed by atoms with van der Waals surface area (Å²) in [6.45, 7) is 1.88. The standard InChI is InChI=1S/C23H20ClN3O3/c1-15-4-3-11-27-13-20(26-23(15)27)16-5-10-21(29-2)19(12-16)25-22(28)14-30-18-8-6-17(24)7-9-18/h3-13H,14H2,1-2H3,(H,25,28). The van der Waals surface area contributed by atoms with E-state index in [-0.39, 0.29) is 12.5 Å². The van der Waals surface area contributed by atoms with E-state index in [1.54, 1.807) is 31.4 Å². The normalized spacial score (nSPS) is 10.8. The second-order valence-electron chi connectivity index (χ2n) is 6.75. The first-order chi connectivity index (χ1) is 14.5. The van der Waals surface area contributed by atoms with Crippen LogP contribution in [0.3, 0.4) is 0 Å². The van der Waals surface area contributed by atoms with Crippen molar-refractivity contribution in [2.24, 2.45) is 0 Å². The molecule has 1 N–H and O–H groups in total. The molecule has 0 aliphatic heterocycles. The summed E-state index contributed by atoms with van der Waals surface area (Å²) in [4.78, 5) is 17.1. The van der Waals surface area contributed by atoms with Gasteiger partial charge in [-0.25, -0.2) is 4.98 Å². The molecule has 0 bridgehead atoms. The predicted octanol–water partition coefficient (Wildman–Crippen LogP) is 4.99. The molecule has 0 aliphatic carbocycles. The number of aryl methyl sites for hydroxylation is 1. The summed E-state index contributed by atoms with van der Waals surface area (Å²) in [5, 5.41) is 3.46. The maximum absolute atomic E-state index is 12.4. The van der Waals surface area contributed by atoms with Crippen LogP contribution in [0.2, 0.25) is 5.02 Å². The van der Waals surface area contributed by atoms with E-state index in [9.17, 15) is 4.79 Å². The van der Waals surface area contributed by atoms with Crippen LogP contribution in [0.15, 0.2) is 67.0 Å². The molecule has 0 saturated carbocycles. The van der Waals surface area contributed by atoms with E-state index in [4.69, 9.17) is 26.1 Å². The maximum atomic E-state index is 12.4. The predicted molar refractivity (Wildman–Crippen MR) is 117 cm³/mol. The van der Waals surface area contributed by atoms with Gasteiger partial charge in [-0.2, -0.15) is 0 Å². The quantitative estimate of drug-likeness (QED) is 0.476. The number of halogens is 1. The molecule has 4 rings (SSSR count). The van der Waals surface area contributed by atoms with E-state index in [1.165, 1.54) is 0 Å². The summed E-state index contributed by atoms with van der Waals surface area (Å²) < 4.78 is 12.9. The van der Waals surface area contributed by atoms with Crippen LogP contribution in [-0.2, 0) is 4.79 Å². The molecule has 0 atom stereocenters. The molecule has 0 aliphatic rings. The Bertz CT molecular complexity index is 1200. The lowest BCUT2D eigenvalue weighted by atomic mass is 10.1. The largest absolute Gasteiger partial charge is 0.495 e. The van der Waals surface area contributed by atoms with Gasteiger partial charge in [0.2, 0.25) is 0 Å². The van der Waals surface area contributed by atoms with Crippen molar-refractivity contribution in [3.8, 4) is 22.8 Å². The Morgan fingerprint density at radius 1 is 1.17 bits per heavy atom. The van der Waals surface area contributed by atoms with Crippen molar-refractivity contribution in [1.29, 1.82) is 0 Å². The second kappa shape index (κ2) is 8.47. The molecule has 0 spiro atoms.